The lowest BCUT2D eigenvalue weighted by Gasteiger charge is -2.21. The zero-order valence-electron chi connectivity index (χ0n) is 14.6. The predicted molar refractivity (Wildman–Crippen MR) is 107 cm³/mol. The Hall–Kier alpha value is -2.51. The number of amides is 1. The molecular formula is C19H18ClN3O3S. The van der Waals surface area contributed by atoms with Crippen molar-refractivity contribution in [3.63, 3.8) is 0 Å². The Bertz CT molecular complexity index is 946. The van der Waals surface area contributed by atoms with E-state index in [0.717, 1.165) is 11.0 Å². The Morgan fingerprint density at radius 1 is 1.22 bits per heavy atom. The van der Waals surface area contributed by atoms with E-state index in [2.05, 4.69) is 9.97 Å². The van der Waals surface area contributed by atoms with Crippen LogP contribution >= 0.6 is 23.4 Å². The first-order chi connectivity index (χ1) is 13.1. The van der Waals surface area contributed by atoms with Crippen LogP contribution in [0, 0.1) is 0 Å². The van der Waals surface area contributed by atoms with Crippen molar-refractivity contribution < 1.29 is 14.3 Å². The number of rotatable bonds is 7. The second-order valence-corrected chi connectivity index (χ2v) is 7.01. The first-order valence-electron chi connectivity index (χ1n) is 8.36. The fourth-order valence-electron chi connectivity index (χ4n) is 2.50. The van der Waals surface area contributed by atoms with Crippen LogP contribution in [0.2, 0.25) is 5.02 Å². The van der Waals surface area contributed by atoms with Crippen LogP contribution in [0.4, 0.5) is 5.69 Å². The molecule has 1 N–H and O–H groups in total. The molecule has 0 unspecified atom stereocenters. The maximum atomic E-state index is 12.8. The molecule has 1 aromatic heterocycles. The van der Waals surface area contributed by atoms with Crippen molar-refractivity contribution in [2.45, 2.75) is 12.1 Å². The Balaban J connectivity index is 1.72. The first kappa shape index (κ1) is 19.3. The minimum absolute atomic E-state index is 0.127. The number of nitrogens with one attached hydrogen (secondary N) is 1. The highest BCUT2D eigenvalue weighted by molar-refractivity contribution is 7.99. The van der Waals surface area contributed by atoms with Gasteiger partial charge in [-0.25, -0.2) is 4.98 Å². The molecule has 2 aromatic carbocycles. The van der Waals surface area contributed by atoms with E-state index in [9.17, 15) is 9.59 Å². The summed E-state index contributed by atoms with van der Waals surface area (Å²) in [5, 5.41) is 1.23. The molecule has 1 amide bonds. The summed E-state index contributed by atoms with van der Waals surface area (Å²) in [7, 11) is 0. The van der Waals surface area contributed by atoms with Gasteiger partial charge in [0, 0.05) is 10.7 Å². The molecule has 0 saturated carbocycles. The van der Waals surface area contributed by atoms with Crippen molar-refractivity contribution in [3.8, 4) is 0 Å². The van der Waals surface area contributed by atoms with Gasteiger partial charge in [-0.2, -0.15) is 0 Å². The smallest absolute Gasteiger partial charge is 0.326 e. The average Bonchev–Trinajstić information content (AvgIpc) is 3.07. The number of aromatic amines is 1. The highest BCUT2D eigenvalue weighted by Crippen LogP contribution is 2.23. The minimum Gasteiger partial charge on any atom is -0.465 e. The van der Waals surface area contributed by atoms with E-state index in [4.69, 9.17) is 16.3 Å². The molecule has 0 saturated heterocycles. The van der Waals surface area contributed by atoms with Crippen LogP contribution in [0.5, 0.6) is 0 Å². The molecule has 0 aliphatic rings. The fourth-order valence-corrected chi connectivity index (χ4v) is 3.44. The Morgan fingerprint density at radius 3 is 2.74 bits per heavy atom. The quantitative estimate of drug-likeness (QED) is 0.478. The largest absolute Gasteiger partial charge is 0.465 e. The predicted octanol–water partition coefficient (Wildman–Crippen LogP) is 3.90. The van der Waals surface area contributed by atoms with E-state index in [1.807, 2.05) is 24.3 Å². The number of thioether (sulfide) groups is 1. The summed E-state index contributed by atoms with van der Waals surface area (Å²) in [6, 6.07) is 14.4. The number of ether oxygens (including phenoxy) is 1. The second-order valence-electron chi connectivity index (χ2n) is 5.61. The molecule has 0 atom stereocenters. The summed E-state index contributed by atoms with van der Waals surface area (Å²) < 4.78 is 4.99. The van der Waals surface area contributed by atoms with E-state index in [1.165, 1.54) is 16.7 Å². The Morgan fingerprint density at radius 2 is 2.00 bits per heavy atom. The number of H-pyrrole nitrogens is 1. The van der Waals surface area contributed by atoms with Crippen molar-refractivity contribution in [2.24, 2.45) is 0 Å². The fraction of sp³-hybridized carbons (Fsp3) is 0.211. The van der Waals surface area contributed by atoms with Gasteiger partial charge in [0.1, 0.15) is 6.54 Å². The summed E-state index contributed by atoms with van der Waals surface area (Å²) in [6.07, 6.45) is 0. The number of carbonyl (C=O) groups excluding carboxylic acids is 2. The molecule has 0 aliphatic carbocycles. The van der Waals surface area contributed by atoms with Crippen molar-refractivity contribution >= 4 is 52.0 Å². The highest BCUT2D eigenvalue weighted by Gasteiger charge is 2.20. The Labute approximate surface area is 165 Å². The second kappa shape index (κ2) is 8.92. The van der Waals surface area contributed by atoms with E-state index in [1.54, 1.807) is 31.2 Å². The number of hydrogen-bond acceptors (Lipinski definition) is 5. The first-order valence-corrected chi connectivity index (χ1v) is 9.72. The monoisotopic (exact) mass is 403 g/mol. The van der Waals surface area contributed by atoms with Gasteiger partial charge in [0.25, 0.3) is 0 Å². The van der Waals surface area contributed by atoms with Gasteiger partial charge in [-0.05, 0) is 37.3 Å². The Kier molecular flexibility index (Phi) is 6.36. The molecule has 0 fully saturated rings. The van der Waals surface area contributed by atoms with Gasteiger partial charge in [-0.3, -0.25) is 9.59 Å². The number of esters is 1. The topological polar surface area (TPSA) is 75.3 Å². The summed E-state index contributed by atoms with van der Waals surface area (Å²) >= 11 is 7.25. The number of aromatic nitrogens is 2. The van der Waals surface area contributed by atoms with E-state index in [-0.39, 0.29) is 24.8 Å². The van der Waals surface area contributed by atoms with Crippen LogP contribution in [0.3, 0.4) is 0 Å². The number of carbonyl (C=O) groups is 2. The van der Waals surface area contributed by atoms with Gasteiger partial charge in [0.05, 0.1) is 23.4 Å². The molecule has 3 aromatic rings. The maximum absolute atomic E-state index is 12.8. The van der Waals surface area contributed by atoms with Gasteiger partial charge in [0.15, 0.2) is 5.16 Å². The summed E-state index contributed by atoms with van der Waals surface area (Å²) in [6.45, 7) is 1.87. The summed E-state index contributed by atoms with van der Waals surface area (Å²) in [5.74, 6) is -0.530. The number of para-hydroxylation sites is 1. The average molecular weight is 404 g/mol. The zero-order valence-corrected chi connectivity index (χ0v) is 16.2. The van der Waals surface area contributed by atoms with Gasteiger partial charge in [0.2, 0.25) is 5.91 Å². The molecule has 0 aliphatic heterocycles. The van der Waals surface area contributed by atoms with Crippen LogP contribution in [0.25, 0.3) is 11.0 Å². The number of imidazole rings is 1. The SMILES string of the molecule is CCOC(=O)CN(C(=O)CSc1nc2ccc(Cl)cc2[nH]1)c1ccccc1. The number of hydrogen-bond donors (Lipinski definition) is 1. The molecule has 0 spiro atoms. The molecule has 0 radical (unpaired) electrons. The van der Waals surface area contributed by atoms with Crippen molar-refractivity contribution in [2.75, 3.05) is 23.8 Å². The molecule has 3 rings (SSSR count). The molecule has 27 heavy (non-hydrogen) atoms. The molecule has 140 valence electrons. The zero-order chi connectivity index (χ0) is 19.2. The lowest BCUT2D eigenvalue weighted by atomic mass is 10.3. The third-order valence-electron chi connectivity index (χ3n) is 3.72. The third kappa shape index (κ3) is 5.02. The van der Waals surface area contributed by atoms with Gasteiger partial charge in [-0.1, -0.05) is 41.6 Å². The van der Waals surface area contributed by atoms with Crippen LogP contribution in [0.15, 0.2) is 53.7 Å². The van der Waals surface area contributed by atoms with Gasteiger partial charge < -0.3 is 14.6 Å². The number of benzene rings is 2. The van der Waals surface area contributed by atoms with Gasteiger partial charge >= 0.3 is 5.97 Å². The number of anilines is 1. The standard InChI is InChI=1S/C19H18ClN3O3S/c1-2-26-18(25)11-23(14-6-4-3-5-7-14)17(24)12-27-19-21-15-9-8-13(20)10-16(15)22-19/h3-10H,2,11-12H2,1H3,(H,21,22). The lowest BCUT2D eigenvalue weighted by molar-refractivity contribution is -0.142. The minimum atomic E-state index is -0.446. The van der Waals surface area contributed by atoms with Crippen LogP contribution < -0.4 is 4.90 Å². The number of halogens is 1. The third-order valence-corrected chi connectivity index (χ3v) is 4.81. The van der Waals surface area contributed by atoms with Crippen LogP contribution in [0.1, 0.15) is 6.92 Å². The van der Waals surface area contributed by atoms with Crippen molar-refractivity contribution in [1.29, 1.82) is 0 Å². The molecular weight excluding hydrogens is 386 g/mol. The van der Waals surface area contributed by atoms with E-state index < -0.39 is 5.97 Å². The number of fused-ring (bicyclic) bond motifs is 1. The van der Waals surface area contributed by atoms with Crippen LogP contribution in [-0.4, -0.2) is 40.7 Å². The summed E-state index contributed by atoms with van der Waals surface area (Å²) in [5.41, 5.74) is 2.23. The molecule has 1 heterocycles. The highest BCUT2D eigenvalue weighted by atomic mass is 35.5. The molecule has 6 nitrogen and oxygen atoms in total. The van der Waals surface area contributed by atoms with Crippen molar-refractivity contribution in [1.82, 2.24) is 9.97 Å². The molecule has 8 heteroatoms. The normalized spacial score (nSPS) is 10.7. The van der Waals surface area contributed by atoms with Crippen molar-refractivity contribution in [3.05, 3.63) is 53.6 Å². The van der Waals surface area contributed by atoms with E-state index >= 15 is 0 Å². The lowest BCUT2D eigenvalue weighted by Crippen LogP contribution is -2.37. The summed E-state index contributed by atoms with van der Waals surface area (Å²) in [4.78, 5) is 33.7. The van der Waals surface area contributed by atoms with E-state index in [0.29, 0.717) is 15.9 Å². The van der Waals surface area contributed by atoms with Gasteiger partial charge in [-0.15, -0.1) is 0 Å². The maximum Gasteiger partial charge on any atom is 0.326 e. The molecule has 0 bridgehead atoms. The van der Waals surface area contributed by atoms with Crippen LogP contribution in [-0.2, 0) is 14.3 Å². The number of nitrogens with zero attached hydrogens (tertiary/aromatic N) is 2.